The standard InChI is InChI=1S/C22H25N9O3S/c1-14(32)30-8-6-18(7-9-30)31-13-17(11-24-31)25-22-20-19(12-23-28-20)26-21(27-22)15-4-3-5-16(10-15)29-35(2,33)34/h3-5,10-13,18,29H,6-9H2,1-2H3,(H,23,28)(H,25,26,27). The highest BCUT2D eigenvalue weighted by molar-refractivity contribution is 7.92. The van der Waals surface area contributed by atoms with Crippen LogP contribution in [0.3, 0.4) is 0 Å². The van der Waals surface area contributed by atoms with Crippen molar-refractivity contribution < 1.29 is 13.2 Å². The predicted molar refractivity (Wildman–Crippen MR) is 132 cm³/mol. The van der Waals surface area contributed by atoms with Crippen LogP contribution in [0.4, 0.5) is 17.2 Å². The van der Waals surface area contributed by atoms with E-state index in [2.05, 4.69) is 35.3 Å². The van der Waals surface area contributed by atoms with Crippen LogP contribution in [-0.4, -0.2) is 68.5 Å². The maximum atomic E-state index is 11.6. The van der Waals surface area contributed by atoms with Crippen molar-refractivity contribution in [2.24, 2.45) is 0 Å². The van der Waals surface area contributed by atoms with Crippen LogP contribution in [0.25, 0.3) is 22.4 Å². The van der Waals surface area contributed by atoms with E-state index in [1.165, 1.54) is 0 Å². The highest BCUT2D eigenvalue weighted by Gasteiger charge is 2.22. The van der Waals surface area contributed by atoms with E-state index in [4.69, 9.17) is 0 Å². The van der Waals surface area contributed by atoms with Gasteiger partial charge in [0.25, 0.3) is 0 Å². The molecular formula is C22H25N9O3S. The Labute approximate surface area is 201 Å². The quantitative estimate of drug-likeness (QED) is 0.369. The van der Waals surface area contributed by atoms with Crippen molar-refractivity contribution in [1.29, 1.82) is 0 Å². The number of nitrogens with zero attached hydrogens (tertiary/aromatic N) is 6. The molecule has 0 saturated carbocycles. The number of hydrogen-bond acceptors (Lipinski definition) is 8. The van der Waals surface area contributed by atoms with Crippen molar-refractivity contribution in [3.05, 3.63) is 42.9 Å². The first kappa shape index (κ1) is 22.8. The lowest BCUT2D eigenvalue weighted by Crippen LogP contribution is -2.37. The number of aromatic amines is 1. The fourth-order valence-corrected chi connectivity index (χ4v) is 4.73. The lowest BCUT2D eigenvalue weighted by Gasteiger charge is -2.31. The summed E-state index contributed by atoms with van der Waals surface area (Å²) in [4.78, 5) is 22.7. The highest BCUT2D eigenvalue weighted by atomic mass is 32.2. The predicted octanol–water partition coefficient (Wildman–Crippen LogP) is 2.51. The van der Waals surface area contributed by atoms with Crippen LogP contribution in [0.15, 0.2) is 42.9 Å². The smallest absolute Gasteiger partial charge is 0.229 e. The molecule has 12 nitrogen and oxygen atoms in total. The van der Waals surface area contributed by atoms with Gasteiger partial charge in [-0.2, -0.15) is 10.2 Å². The Bertz CT molecular complexity index is 1490. The van der Waals surface area contributed by atoms with E-state index in [1.54, 1.807) is 37.5 Å². The molecule has 4 aromatic rings. The summed E-state index contributed by atoms with van der Waals surface area (Å²) in [6.07, 6.45) is 8.06. The Morgan fingerprint density at radius 1 is 1.14 bits per heavy atom. The van der Waals surface area contributed by atoms with E-state index in [0.717, 1.165) is 37.9 Å². The summed E-state index contributed by atoms with van der Waals surface area (Å²) in [5, 5.41) is 14.8. The van der Waals surface area contributed by atoms with Crippen molar-refractivity contribution in [2.75, 3.05) is 29.4 Å². The third kappa shape index (κ3) is 5.09. The lowest BCUT2D eigenvalue weighted by molar-refractivity contribution is -0.130. The molecule has 0 atom stereocenters. The first-order valence-electron chi connectivity index (χ1n) is 11.1. The molecule has 3 N–H and O–H groups in total. The number of fused-ring (bicyclic) bond motifs is 1. The van der Waals surface area contributed by atoms with Crippen LogP contribution in [0.5, 0.6) is 0 Å². The van der Waals surface area contributed by atoms with Gasteiger partial charge in [0.1, 0.15) is 11.0 Å². The number of carbonyl (C=O) groups is 1. The molecule has 1 saturated heterocycles. The third-order valence-electron chi connectivity index (χ3n) is 5.87. The van der Waals surface area contributed by atoms with Crippen molar-refractivity contribution in [3.8, 4) is 11.4 Å². The number of hydrogen-bond donors (Lipinski definition) is 3. The van der Waals surface area contributed by atoms with E-state index < -0.39 is 10.0 Å². The number of nitrogens with one attached hydrogen (secondary N) is 3. The number of sulfonamides is 1. The molecule has 1 aromatic carbocycles. The highest BCUT2D eigenvalue weighted by Crippen LogP contribution is 2.28. The first-order valence-corrected chi connectivity index (χ1v) is 13.0. The van der Waals surface area contributed by atoms with Gasteiger partial charge in [-0.1, -0.05) is 12.1 Å². The van der Waals surface area contributed by atoms with E-state index in [0.29, 0.717) is 33.9 Å². The molecule has 1 aliphatic heterocycles. The number of amides is 1. The molecule has 0 radical (unpaired) electrons. The monoisotopic (exact) mass is 495 g/mol. The number of anilines is 3. The summed E-state index contributed by atoms with van der Waals surface area (Å²) in [6.45, 7) is 3.04. The number of likely N-dealkylation sites (tertiary alicyclic amines) is 1. The maximum absolute atomic E-state index is 11.6. The van der Waals surface area contributed by atoms with Crippen LogP contribution in [0, 0.1) is 0 Å². The molecule has 35 heavy (non-hydrogen) atoms. The van der Waals surface area contributed by atoms with Gasteiger partial charge in [0, 0.05) is 37.5 Å². The molecule has 0 bridgehead atoms. The average molecular weight is 496 g/mol. The number of rotatable bonds is 6. The van der Waals surface area contributed by atoms with Crippen LogP contribution in [-0.2, 0) is 14.8 Å². The molecule has 3 aromatic heterocycles. The van der Waals surface area contributed by atoms with Crippen molar-refractivity contribution in [2.45, 2.75) is 25.8 Å². The Morgan fingerprint density at radius 3 is 2.69 bits per heavy atom. The topological polar surface area (TPSA) is 151 Å². The number of carbonyl (C=O) groups excluding carboxylic acids is 1. The Balaban J connectivity index is 1.40. The van der Waals surface area contributed by atoms with Crippen LogP contribution >= 0.6 is 0 Å². The molecule has 0 spiro atoms. The number of benzene rings is 1. The minimum absolute atomic E-state index is 0.104. The Hall–Kier alpha value is -4.00. The summed E-state index contributed by atoms with van der Waals surface area (Å²) >= 11 is 0. The van der Waals surface area contributed by atoms with Crippen LogP contribution in [0.1, 0.15) is 25.8 Å². The van der Waals surface area contributed by atoms with E-state index in [1.807, 2.05) is 21.8 Å². The summed E-state index contributed by atoms with van der Waals surface area (Å²) in [6, 6.07) is 7.11. The summed E-state index contributed by atoms with van der Waals surface area (Å²) in [5.41, 5.74) is 3.09. The average Bonchev–Trinajstić information content (AvgIpc) is 3.48. The van der Waals surface area contributed by atoms with Crippen molar-refractivity contribution >= 4 is 44.2 Å². The molecule has 4 heterocycles. The number of H-pyrrole nitrogens is 1. The first-order chi connectivity index (χ1) is 16.7. The molecule has 1 fully saturated rings. The molecule has 5 rings (SSSR count). The largest absolute Gasteiger partial charge is 0.343 e. The second kappa shape index (κ2) is 8.98. The van der Waals surface area contributed by atoms with Crippen molar-refractivity contribution in [1.82, 2.24) is 34.8 Å². The zero-order valence-corrected chi connectivity index (χ0v) is 20.1. The van der Waals surface area contributed by atoms with E-state index in [-0.39, 0.29) is 11.9 Å². The zero-order valence-electron chi connectivity index (χ0n) is 19.3. The molecular weight excluding hydrogens is 470 g/mol. The molecule has 1 amide bonds. The van der Waals surface area contributed by atoms with Gasteiger partial charge in [0.05, 0.1) is 30.4 Å². The van der Waals surface area contributed by atoms with E-state index >= 15 is 0 Å². The minimum atomic E-state index is -3.41. The van der Waals surface area contributed by atoms with Gasteiger partial charge in [-0.25, -0.2) is 18.4 Å². The molecule has 1 aliphatic rings. The molecule has 13 heteroatoms. The summed E-state index contributed by atoms with van der Waals surface area (Å²) in [7, 11) is -3.41. The second-order valence-corrected chi connectivity index (χ2v) is 10.3. The van der Waals surface area contributed by atoms with Gasteiger partial charge in [0.2, 0.25) is 15.9 Å². The number of aromatic nitrogens is 6. The van der Waals surface area contributed by atoms with Crippen LogP contribution < -0.4 is 10.0 Å². The van der Waals surface area contributed by atoms with E-state index in [9.17, 15) is 13.2 Å². The van der Waals surface area contributed by atoms with Crippen molar-refractivity contribution in [3.63, 3.8) is 0 Å². The minimum Gasteiger partial charge on any atom is -0.343 e. The van der Waals surface area contributed by atoms with Gasteiger partial charge in [0.15, 0.2) is 11.6 Å². The van der Waals surface area contributed by atoms with Gasteiger partial charge in [-0.3, -0.25) is 19.3 Å². The Morgan fingerprint density at radius 2 is 1.94 bits per heavy atom. The molecule has 182 valence electrons. The molecule has 0 unspecified atom stereocenters. The summed E-state index contributed by atoms with van der Waals surface area (Å²) < 4.78 is 27.6. The van der Waals surface area contributed by atoms with Gasteiger partial charge in [-0.05, 0) is 25.0 Å². The zero-order chi connectivity index (χ0) is 24.6. The normalized spacial score (nSPS) is 14.9. The molecule has 0 aliphatic carbocycles. The lowest BCUT2D eigenvalue weighted by atomic mass is 10.1. The summed E-state index contributed by atoms with van der Waals surface area (Å²) in [5.74, 6) is 1.05. The second-order valence-electron chi connectivity index (χ2n) is 8.55. The van der Waals surface area contributed by atoms with Gasteiger partial charge >= 0.3 is 0 Å². The third-order valence-corrected chi connectivity index (χ3v) is 6.48. The van der Waals surface area contributed by atoms with Crippen LogP contribution in [0.2, 0.25) is 0 Å². The fraction of sp³-hybridized carbons (Fsp3) is 0.318. The number of piperidine rings is 1. The maximum Gasteiger partial charge on any atom is 0.229 e. The SMILES string of the molecule is CC(=O)N1CCC(n2cc(Nc3nc(-c4cccc(NS(C)(=O)=O)c4)nc4cn[nH]c34)cn2)CC1. The fourth-order valence-electron chi connectivity index (χ4n) is 4.18. The van der Waals surface area contributed by atoms with Gasteiger partial charge in [-0.15, -0.1) is 0 Å². The van der Waals surface area contributed by atoms with Gasteiger partial charge < -0.3 is 10.2 Å². The Kier molecular flexibility index (Phi) is 5.84.